The Hall–Kier alpha value is -2.99. The molecule has 1 N–H and O–H groups in total. The van der Waals surface area contributed by atoms with Gasteiger partial charge in [0.1, 0.15) is 11.8 Å². The number of anilines is 2. The highest BCUT2D eigenvalue weighted by Gasteiger charge is 2.73. The number of amides is 1. The van der Waals surface area contributed by atoms with E-state index in [4.69, 9.17) is 0 Å². The quantitative estimate of drug-likeness (QED) is 0.212. The monoisotopic (exact) mass is 700 g/mol. The number of alkyl halides is 7. The Labute approximate surface area is 239 Å². The summed E-state index contributed by atoms with van der Waals surface area (Å²) in [6.07, 6.45) is -9.75. The normalized spacial score (nSPS) is 14.5. The molecule has 2 aromatic rings. The van der Waals surface area contributed by atoms with Gasteiger partial charge in [-0.2, -0.15) is 31.6 Å². The summed E-state index contributed by atoms with van der Waals surface area (Å²) in [4.78, 5) is 18.4. The van der Waals surface area contributed by atoms with Crippen LogP contribution in [0.5, 0.6) is 0 Å². The van der Waals surface area contributed by atoms with Crippen LogP contribution >= 0.6 is 31.9 Å². The fourth-order valence-corrected chi connectivity index (χ4v) is 5.14. The van der Waals surface area contributed by atoms with E-state index in [-0.39, 0.29) is 41.7 Å². The van der Waals surface area contributed by atoms with Crippen molar-refractivity contribution >= 4 is 54.9 Å². The molecule has 1 fully saturated rings. The van der Waals surface area contributed by atoms with Crippen LogP contribution < -0.4 is 10.2 Å². The van der Waals surface area contributed by atoms with Crippen LogP contribution in [0.15, 0.2) is 57.0 Å². The van der Waals surface area contributed by atoms with Gasteiger partial charge in [-0.1, -0.05) is 12.6 Å². The molecule has 40 heavy (non-hydrogen) atoms. The van der Waals surface area contributed by atoms with Crippen molar-refractivity contribution < 1.29 is 39.9 Å². The van der Waals surface area contributed by atoms with Gasteiger partial charge in [0.15, 0.2) is 5.82 Å². The highest BCUT2D eigenvalue weighted by Crippen LogP contribution is 2.54. The Morgan fingerprint density at radius 1 is 1.12 bits per heavy atom. The van der Waals surface area contributed by atoms with Gasteiger partial charge in [-0.05, 0) is 74.9 Å². The van der Waals surface area contributed by atoms with Crippen molar-refractivity contribution in [2.24, 2.45) is 10.9 Å². The van der Waals surface area contributed by atoms with Gasteiger partial charge in [-0.15, -0.1) is 0 Å². The third kappa shape index (κ3) is 6.49. The number of halogens is 10. The summed E-state index contributed by atoms with van der Waals surface area (Å²) >= 11 is 5.53. The second-order valence-electron chi connectivity index (χ2n) is 8.76. The standard InChI is InChI=1S/C25H18Br2F8N4O/c1-2-37-15(10-36)12-39(11-13-6-7-13)19-5-3-4-16(20(19)28)22(40)38-21-17(26)8-14(9-18(21)27)23(29,24(30,31)32)25(33,34)35/h2-5,8-9,13H,1,6-7,11-12H2,(H,38,40)/b37-15-. The largest absolute Gasteiger partial charge is 0.435 e. The predicted octanol–water partition coefficient (Wildman–Crippen LogP) is 8.22. The summed E-state index contributed by atoms with van der Waals surface area (Å²) in [6.45, 7) is 3.71. The zero-order chi connectivity index (χ0) is 30.0. The molecule has 1 amide bonds. The van der Waals surface area contributed by atoms with Crippen molar-refractivity contribution in [1.82, 2.24) is 0 Å². The van der Waals surface area contributed by atoms with Gasteiger partial charge < -0.3 is 10.2 Å². The lowest BCUT2D eigenvalue weighted by Crippen LogP contribution is -2.50. The Bertz CT molecular complexity index is 1340. The van der Waals surface area contributed by atoms with E-state index < -0.39 is 49.8 Å². The molecule has 0 spiro atoms. The summed E-state index contributed by atoms with van der Waals surface area (Å²) in [5, 5.41) is 11.5. The third-order valence-corrected chi connectivity index (χ3v) is 7.17. The lowest BCUT2D eigenvalue weighted by molar-refractivity contribution is -0.348. The molecule has 3 rings (SSSR count). The number of carbonyl (C=O) groups excluding carboxylic acids is 1. The number of nitrogens with one attached hydrogen (secondary N) is 1. The minimum absolute atomic E-state index is 0.0300. The molecule has 0 atom stereocenters. The first kappa shape index (κ1) is 31.5. The third-order valence-electron chi connectivity index (χ3n) is 5.92. The number of carbonyl (C=O) groups is 1. The van der Waals surface area contributed by atoms with Crippen LogP contribution in [0, 0.1) is 23.1 Å². The SMILES string of the molecule is C=C/N=C(/C#N)CN(CC1CC1)c1cccc(C(=O)Nc2c(Br)cc(C(F)(C(F)(F)F)C(F)(F)F)cc2Br)c1F. The van der Waals surface area contributed by atoms with Gasteiger partial charge in [0.25, 0.3) is 5.91 Å². The van der Waals surface area contributed by atoms with Crippen molar-refractivity contribution in [2.45, 2.75) is 30.9 Å². The van der Waals surface area contributed by atoms with Crippen LogP contribution in [0.1, 0.15) is 28.8 Å². The summed E-state index contributed by atoms with van der Waals surface area (Å²) in [6, 6.07) is 6.21. The van der Waals surface area contributed by atoms with E-state index in [1.165, 1.54) is 17.0 Å². The first-order valence-electron chi connectivity index (χ1n) is 11.3. The van der Waals surface area contributed by atoms with E-state index >= 15 is 4.39 Å². The summed E-state index contributed by atoms with van der Waals surface area (Å²) in [7, 11) is 0. The molecule has 0 radical (unpaired) electrons. The minimum Gasteiger partial charge on any atom is -0.362 e. The van der Waals surface area contributed by atoms with Gasteiger partial charge in [0.05, 0.1) is 23.5 Å². The van der Waals surface area contributed by atoms with E-state index in [0.29, 0.717) is 6.54 Å². The van der Waals surface area contributed by atoms with Gasteiger partial charge in [-0.25, -0.2) is 13.8 Å². The molecule has 1 aliphatic carbocycles. The van der Waals surface area contributed by atoms with Gasteiger partial charge in [0.2, 0.25) is 0 Å². The Kier molecular flexibility index (Phi) is 9.35. The Morgan fingerprint density at radius 2 is 1.70 bits per heavy atom. The topological polar surface area (TPSA) is 68.5 Å². The second kappa shape index (κ2) is 11.9. The van der Waals surface area contributed by atoms with E-state index in [9.17, 15) is 40.8 Å². The average molecular weight is 702 g/mol. The summed E-state index contributed by atoms with van der Waals surface area (Å²) in [5.74, 6) is -1.85. The van der Waals surface area contributed by atoms with Crippen LogP contribution in [0.2, 0.25) is 0 Å². The molecule has 0 aromatic heterocycles. The molecule has 2 aromatic carbocycles. The number of rotatable bonds is 9. The van der Waals surface area contributed by atoms with Gasteiger partial charge in [-0.3, -0.25) is 4.79 Å². The minimum atomic E-state index is -6.34. The highest BCUT2D eigenvalue weighted by molar-refractivity contribution is 9.11. The first-order valence-corrected chi connectivity index (χ1v) is 12.9. The van der Waals surface area contributed by atoms with Crippen LogP contribution in [0.4, 0.5) is 46.5 Å². The van der Waals surface area contributed by atoms with Crippen LogP contribution in [-0.2, 0) is 5.67 Å². The number of aliphatic imine (C=N–C) groups is 1. The number of nitrogens with zero attached hydrogens (tertiary/aromatic N) is 3. The lowest BCUT2D eigenvalue weighted by atomic mass is 9.94. The van der Waals surface area contributed by atoms with Crippen molar-refractivity contribution in [3.05, 3.63) is 69.0 Å². The molecule has 0 heterocycles. The molecule has 0 unspecified atom stereocenters. The molecule has 1 aliphatic rings. The summed E-state index contributed by atoms with van der Waals surface area (Å²) < 4.78 is 108. The Balaban J connectivity index is 1.97. The fraction of sp³-hybridized carbons (Fsp3) is 0.320. The molecule has 15 heteroatoms. The zero-order valence-electron chi connectivity index (χ0n) is 20.1. The van der Waals surface area contributed by atoms with Gasteiger partial charge >= 0.3 is 18.0 Å². The first-order chi connectivity index (χ1) is 18.5. The highest BCUT2D eigenvalue weighted by atomic mass is 79.9. The number of benzene rings is 2. The molecule has 0 bridgehead atoms. The van der Waals surface area contributed by atoms with Crippen LogP contribution in [0.25, 0.3) is 0 Å². The van der Waals surface area contributed by atoms with Crippen LogP contribution in [0.3, 0.4) is 0 Å². The van der Waals surface area contributed by atoms with Crippen molar-refractivity contribution in [2.75, 3.05) is 23.3 Å². The molecule has 0 aliphatic heterocycles. The van der Waals surface area contributed by atoms with E-state index in [1.807, 2.05) is 6.07 Å². The summed E-state index contributed by atoms with van der Waals surface area (Å²) in [5.41, 5.74) is -8.36. The fourth-order valence-electron chi connectivity index (χ4n) is 3.76. The van der Waals surface area contributed by atoms with Crippen molar-refractivity contribution in [3.8, 4) is 6.07 Å². The Morgan fingerprint density at radius 3 is 2.17 bits per heavy atom. The van der Waals surface area contributed by atoms with E-state index in [1.54, 1.807) is 0 Å². The number of nitriles is 1. The molecule has 214 valence electrons. The maximum atomic E-state index is 15.6. The molecular weight excluding hydrogens is 684 g/mol. The maximum absolute atomic E-state index is 15.6. The van der Waals surface area contributed by atoms with E-state index in [2.05, 4.69) is 48.7 Å². The maximum Gasteiger partial charge on any atom is 0.435 e. The lowest BCUT2D eigenvalue weighted by Gasteiger charge is -2.31. The van der Waals surface area contributed by atoms with Crippen LogP contribution in [-0.4, -0.2) is 37.1 Å². The number of hydrogen-bond acceptors (Lipinski definition) is 4. The number of hydrogen-bond donors (Lipinski definition) is 1. The van der Waals surface area contributed by atoms with Gasteiger partial charge in [0, 0.05) is 27.3 Å². The molecule has 5 nitrogen and oxygen atoms in total. The van der Waals surface area contributed by atoms with Crippen molar-refractivity contribution in [3.63, 3.8) is 0 Å². The molecule has 1 saturated carbocycles. The predicted molar refractivity (Wildman–Crippen MR) is 139 cm³/mol. The van der Waals surface area contributed by atoms with E-state index in [0.717, 1.165) is 25.1 Å². The average Bonchev–Trinajstić information content (AvgIpc) is 3.67. The zero-order valence-corrected chi connectivity index (χ0v) is 23.3. The van der Waals surface area contributed by atoms with Crippen molar-refractivity contribution in [1.29, 1.82) is 5.26 Å². The smallest absolute Gasteiger partial charge is 0.362 e. The second-order valence-corrected chi connectivity index (χ2v) is 10.5. The molecule has 0 saturated heterocycles. The molecular formula is C25H18Br2F8N4O.